The molecule has 0 atom stereocenters. The first kappa shape index (κ1) is 40.6. The Morgan fingerprint density at radius 1 is 0.741 bits per heavy atom. The van der Waals surface area contributed by atoms with Crippen LogP contribution in [-0.2, 0) is 46.6 Å². The van der Waals surface area contributed by atoms with E-state index >= 15 is 0 Å². The fraction of sp³-hybridized carbons (Fsp3) is 0.275. The van der Waals surface area contributed by atoms with Gasteiger partial charge in [0.1, 0.15) is 12.4 Å². The Morgan fingerprint density at radius 3 is 1.94 bits per heavy atom. The fourth-order valence-corrected chi connectivity index (χ4v) is 5.60. The fourth-order valence-electron chi connectivity index (χ4n) is 5.60. The van der Waals surface area contributed by atoms with Crippen molar-refractivity contribution < 1.29 is 56.1 Å². The molecule has 284 valence electrons. The monoisotopic (exact) mass is 748 g/mol. The summed E-state index contributed by atoms with van der Waals surface area (Å²) in [7, 11) is 4.34. The maximum absolute atomic E-state index is 13.6. The first-order valence-corrected chi connectivity index (χ1v) is 16.7. The van der Waals surface area contributed by atoms with Crippen LogP contribution in [0.3, 0.4) is 0 Å². The predicted molar refractivity (Wildman–Crippen MR) is 192 cm³/mol. The van der Waals surface area contributed by atoms with Gasteiger partial charge in [0.05, 0.1) is 43.6 Å². The van der Waals surface area contributed by atoms with E-state index in [4.69, 9.17) is 18.9 Å². The van der Waals surface area contributed by atoms with Gasteiger partial charge in [-0.1, -0.05) is 54.6 Å². The van der Waals surface area contributed by atoms with E-state index in [2.05, 4.69) is 5.32 Å². The van der Waals surface area contributed by atoms with Crippen LogP contribution in [0.5, 0.6) is 5.75 Å². The lowest BCUT2D eigenvalue weighted by molar-refractivity contribution is -0.170. The third kappa shape index (κ3) is 9.06. The number of nitrogens with one attached hydrogen (secondary N) is 1. The number of hydrogen-bond donors (Lipinski definition) is 1. The molecule has 4 aromatic rings. The molecule has 0 radical (unpaired) electrons. The quantitative estimate of drug-likeness (QED) is 0.0872. The highest BCUT2D eigenvalue weighted by atomic mass is 19.4. The van der Waals surface area contributed by atoms with Gasteiger partial charge in [-0.2, -0.15) is 13.2 Å². The molecule has 4 aromatic carbocycles. The molecule has 0 bridgehead atoms. The van der Waals surface area contributed by atoms with Gasteiger partial charge in [-0.05, 0) is 66.9 Å². The van der Waals surface area contributed by atoms with E-state index in [-0.39, 0.29) is 41.3 Å². The first-order valence-electron chi connectivity index (χ1n) is 16.7. The molecule has 54 heavy (non-hydrogen) atoms. The van der Waals surface area contributed by atoms with E-state index in [0.29, 0.717) is 16.7 Å². The molecular weight excluding hydrogens is 709 g/mol. The van der Waals surface area contributed by atoms with E-state index in [9.17, 15) is 37.1 Å². The number of alkyl halides is 3. The predicted octanol–water partition coefficient (Wildman–Crippen LogP) is 6.49. The van der Waals surface area contributed by atoms with Crippen LogP contribution in [0.15, 0.2) is 91.0 Å². The second-order valence-electron chi connectivity index (χ2n) is 12.0. The highest BCUT2D eigenvalue weighted by Gasteiger charge is 2.54. The zero-order chi connectivity index (χ0) is 39.6. The lowest BCUT2D eigenvalue weighted by Gasteiger charge is -2.30. The van der Waals surface area contributed by atoms with Crippen LogP contribution in [0.2, 0.25) is 0 Å². The molecule has 0 saturated heterocycles. The van der Waals surface area contributed by atoms with Crippen molar-refractivity contribution in [3.63, 3.8) is 0 Å². The number of nitrogens with zero attached hydrogens (tertiary/aromatic N) is 1. The normalized spacial score (nSPS) is 11.3. The third-order valence-electron chi connectivity index (χ3n) is 8.28. The molecular formula is C40H39F3N2O9. The minimum atomic E-state index is -4.53. The number of para-hydroxylation sites is 1. The highest BCUT2D eigenvalue weighted by Crippen LogP contribution is 2.36. The van der Waals surface area contributed by atoms with Crippen molar-refractivity contribution in [3.05, 3.63) is 119 Å². The van der Waals surface area contributed by atoms with Crippen LogP contribution < -0.4 is 10.1 Å². The number of ether oxygens (including phenoxy) is 4. The van der Waals surface area contributed by atoms with Crippen molar-refractivity contribution >= 4 is 35.4 Å². The Kier molecular flexibility index (Phi) is 13.2. The van der Waals surface area contributed by atoms with Crippen molar-refractivity contribution in [2.45, 2.75) is 31.9 Å². The summed E-state index contributed by atoms with van der Waals surface area (Å²) in [4.78, 5) is 68.5. The Hall–Kier alpha value is -6.18. The van der Waals surface area contributed by atoms with Crippen LogP contribution in [0.1, 0.15) is 51.3 Å². The van der Waals surface area contributed by atoms with Crippen LogP contribution in [0.4, 0.5) is 18.9 Å². The van der Waals surface area contributed by atoms with Crippen molar-refractivity contribution in [1.29, 1.82) is 0 Å². The van der Waals surface area contributed by atoms with Gasteiger partial charge in [0.25, 0.3) is 11.8 Å². The molecule has 0 spiro atoms. The van der Waals surface area contributed by atoms with Crippen molar-refractivity contribution in [1.82, 2.24) is 4.90 Å². The molecule has 1 N–H and O–H groups in total. The number of carbonyl (C=O) groups is 5. The second kappa shape index (κ2) is 17.6. The van der Waals surface area contributed by atoms with Gasteiger partial charge in [0.2, 0.25) is 5.41 Å². The van der Waals surface area contributed by atoms with E-state index in [1.165, 1.54) is 74.6 Å². The third-order valence-corrected chi connectivity index (χ3v) is 8.28. The summed E-state index contributed by atoms with van der Waals surface area (Å²) in [6.45, 7) is 2.14. The molecule has 11 nitrogen and oxygen atoms in total. The molecule has 0 heterocycles. The van der Waals surface area contributed by atoms with Gasteiger partial charge >= 0.3 is 24.1 Å². The summed E-state index contributed by atoms with van der Waals surface area (Å²) in [6, 6.07) is 21.2. The molecule has 4 rings (SSSR count). The summed E-state index contributed by atoms with van der Waals surface area (Å²) in [5.74, 6) is -3.90. The van der Waals surface area contributed by atoms with E-state index in [1.54, 1.807) is 44.2 Å². The zero-order valence-electron chi connectivity index (χ0n) is 30.2. The van der Waals surface area contributed by atoms with Crippen molar-refractivity contribution in [3.8, 4) is 16.9 Å². The molecule has 0 unspecified atom stereocenters. The lowest BCUT2D eigenvalue weighted by atomic mass is 9.80. The van der Waals surface area contributed by atoms with E-state index in [0.717, 1.165) is 12.1 Å². The Balaban J connectivity index is 1.62. The maximum atomic E-state index is 13.6. The zero-order valence-corrected chi connectivity index (χ0v) is 30.2. The molecule has 0 fully saturated rings. The molecule has 14 heteroatoms. The molecule has 0 aliphatic heterocycles. The molecule has 0 aliphatic rings. The topological polar surface area (TPSA) is 138 Å². The van der Waals surface area contributed by atoms with Gasteiger partial charge in [-0.25, -0.2) is 0 Å². The van der Waals surface area contributed by atoms with Crippen molar-refractivity contribution in [2.24, 2.45) is 0 Å². The second-order valence-corrected chi connectivity index (χ2v) is 12.0. The number of esters is 3. The van der Waals surface area contributed by atoms with Crippen LogP contribution >= 0.6 is 0 Å². The van der Waals surface area contributed by atoms with Gasteiger partial charge in [-0.3, -0.25) is 24.0 Å². The SMILES string of the molecule is CCOC(=O)C(COC(=O)Cc1ccc(NC(=O)c2ccccc2-c2ccc(C(F)(F)F)cc2)c(C(=O)N(C)C)c1)(C(=O)OCC)c1ccccc1OC. The number of rotatable bonds is 14. The lowest BCUT2D eigenvalue weighted by Crippen LogP contribution is -2.50. The summed E-state index contributed by atoms with van der Waals surface area (Å²) in [6.07, 6.45) is -4.94. The van der Waals surface area contributed by atoms with Crippen LogP contribution in [0, 0.1) is 0 Å². The number of carbonyl (C=O) groups excluding carboxylic acids is 5. The number of amides is 2. The van der Waals surface area contributed by atoms with Gasteiger partial charge in [0, 0.05) is 25.2 Å². The Labute approximate surface area is 310 Å². The van der Waals surface area contributed by atoms with Gasteiger partial charge in [-0.15, -0.1) is 0 Å². The maximum Gasteiger partial charge on any atom is 0.416 e. The van der Waals surface area contributed by atoms with E-state index in [1.807, 2.05) is 0 Å². The molecule has 2 amide bonds. The standard InChI is InChI=1S/C40H39F3N2O9/c1-6-52-37(49)39(38(50)53-7-2,31-14-10-11-15-33(31)51-5)24-54-34(46)23-25-16-21-32(30(22-25)36(48)45(3)4)44-35(47)29-13-9-8-12-28(29)26-17-19-27(20-18-26)40(41,42)43/h8-22H,6-7,23-24H2,1-5H3,(H,44,47). The Bertz CT molecular complexity index is 1990. The molecule has 0 saturated carbocycles. The number of hydrogen-bond acceptors (Lipinski definition) is 9. The summed E-state index contributed by atoms with van der Waals surface area (Å²) in [5, 5.41) is 2.71. The minimum Gasteiger partial charge on any atom is -0.496 e. The largest absolute Gasteiger partial charge is 0.496 e. The number of halogens is 3. The first-order chi connectivity index (χ1) is 25.7. The van der Waals surface area contributed by atoms with Crippen molar-refractivity contribution in [2.75, 3.05) is 46.3 Å². The molecule has 0 aliphatic carbocycles. The van der Waals surface area contributed by atoms with Gasteiger partial charge < -0.3 is 29.2 Å². The summed E-state index contributed by atoms with van der Waals surface area (Å²) in [5.41, 5.74) is -1.73. The number of anilines is 1. The van der Waals surface area contributed by atoms with Gasteiger partial charge in [0.15, 0.2) is 0 Å². The number of benzene rings is 4. The Morgan fingerprint density at radius 2 is 1.35 bits per heavy atom. The summed E-state index contributed by atoms with van der Waals surface area (Å²) >= 11 is 0. The van der Waals surface area contributed by atoms with E-state index < -0.39 is 59.9 Å². The minimum absolute atomic E-state index is 0.0204. The highest BCUT2D eigenvalue weighted by molar-refractivity contribution is 6.12. The summed E-state index contributed by atoms with van der Waals surface area (Å²) < 4.78 is 61.0. The smallest absolute Gasteiger partial charge is 0.416 e. The number of methoxy groups -OCH3 is 1. The average Bonchev–Trinajstić information content (AvgIpc) is 3.15. The van der Waals surface area contributed by atoms with Crippen LogP contribution in [-0.4, -0.2) is 75.6 Å². The average molecular weight is 749 g/mol. The molecule has 0 aromatic heterocycles. The van der Waals surface area contributed by atoms with Crippen LogP contribution in [0.25, 0.3) is 11.1 Å².